The van der Waals surface area contributed by atoms with E-state index in [1.807, 2.05) is 6.07 Å². The van der Waals surface area contributed by atoms with Gasteiger partial charge >= 0.3 is 0 Å². The molecule has 0 aromatic carbocycles. The van der Waals surface area contributed by atoms with Gasteiger partial charge in [-0.2, -0.15) is 5.26 Å². The maximum atomic E-state index is 11.8. The Bertz CT molecular complexity index is 443. The fourth-order valence-corrected chi connectivity index (χ4v) is 1.28. The van der Waals surface area contributed by atoms with Gasteiger partial charge in [-0.1, -0.05) is 12.7 Å². The zero-order chi connectivity index (χ0) is 11.8. The summed E-state index contributed by atoms with van der Waals surface area (Å²) in [6, 6.07) is 5.43. The molecule has 84 valence electrons. The van der Waals surface area contributed by atoms with Crippen molar-refractivity contribution in [3.05, 3.63) is 41.3 Å². The zero-order valence-electron chi connectivity index (χ0n) is 9.06. The summed E-state index contributed by atoms with van der Waals surface area (Å²) in [4.78, 5) is 11.8. The van der Waals surface area contributed by atoms with Crippen LogP contribution in [0.25, 0.3) is 0 Å². The number of nitriles is 1. The molecular weight excluding hydrogens is 204 g/mol. The Kier molecular flexibility index (Phi) is 4.87. The Balaban J connectivity index is 2.75. The van der Waals surface area contributed by atoms with Gasteiger partial charge in [0.25, 0.3) is 5.56 Å². The molecule has 0 amide bonds. The second-order valence-corrected chi connectivity index (χ2v) is 3.23. The van der Waals surface area contributed by atoms with Crippen molar-refractivity contribution in [3.8, 4) is 11.8 Å². The largest absolute Gasteiger partial charge is 0.484 e. The van der Waals surface area contributed by atoms with Gasteiger partial charge < -0.3 is 9.30 Å². The fourth-order valence-electron chi connectivity index (χ4n) is 1.28. The quantitative estimate of drug-likeness (QED) is 0.539. The lowest BCUT2D eigenvalue weighted by atomic mass is 10.3. The van der Waals surface area contributed by atoms with Crippen LogP contribution in [0.1, 0.15) is 12.8 Å². The molecule has 0 aliphatic carbocycles. The number of aromatic nitrogens is 1. The van der Waals surface area contributed by atoms with Crippen LogP contribution in [0.4, 0.5) is 0 Å². The first-order valence-electron chi connectivity index (χ1n) is 5.09. The minimum Gasteiger partial charge on any atom is -0.484 e. The lowest BCUT2D eigenvalue weighted by Crippen LogP contribution is -2.21. The third-order valence-electron chi connectivity index (χ3n) is 2.03. The Hall–Kier alpha value is -2.02. The van der Waals surface area contributed by atoms with Crippen LogP contribution < -0.4 is 10.3 Å². The molecular formula is C12H14N2O2. The minimum atomic E-state index is -0.165. The molecule has 0 bridgehead atoms. The Morgan fingerprint density at radius 3 is 3.12 bits per heavy atom. The topological polar surface area (TPSA) is 55.0 Å². The van der Waals surface area contributed by atoms with Gasteiger partial charge in [0, 0.05) is 19.2 Å². The summed E-state index contributed by atoms with van der Waals surface area (Å²) in [7, 11) is 0. The van der Waals surface area contributed by atoms with E-state index in [9.17, 15) is 4.79 Å². The van der Waals surface area contributed by atoms with Crippen LogP contribution >= 0.6 is 0 Å². The summed E-state index contributed by atoms with van der Waals surface area (Å²) >= 11 is 0. The molecule has 0 unspecified atom stereocenters. The number of pyridine rings is 1. The van der Waals surface area contributed by atoms with Crippen molar-refractivity contribution in [2.24, 2.45) is 0 Å². The fraction of sp³-hybridized carbons (Fsp3) is 0.333. The first kappa shape index (κ1) is 12.1. The maximum Gasteiger partial charge on any atom is 0.292 e. The molecule has 1 heterocycles. The van der Waals surface area contributed by atoms with Crippen molar-refractivity contribution in [2.45, 2.75) is 19.4 Å². The van der Waals surface area contributed by atoms with Crippen LogP contribution in [0.3, 0.4) is 0 Å². The molecule has 0 fully saturated rings. The van der Waals surface area contributed by atoms with E-state index in [1.165, 1.54) is 0 Å². The predicted molar refractivity (Wildman–Crippen MR) is 61.2 cm³/mol. The van der Waals surface area contributed by atoms with Crippen molar-refractivity contribution in [1.82, 2.24) is 4.57 Å². The number of ether oxygens (including phenoxy) is 1. The monoisotopic (exact) mass is 218 g/mol. The molecule has 0 radical (unpaired) electrons. The average Bonchev–Trinajstić information content (AvgIpc) is 2.30. The van der Waals surface area contributed by atoms with Gasteiger partial charge in [-0.05, 0) is 18.6 Å². The highest BCUT2D eigenvalue weighted by Crippen LogP contribution is 2.02. The minimum absolute atomic E-state index is 0.165. The second kappa shape index (κ2) is 6.46. The first-order valence-corrected chi connectivity index (χ1v) is 5.09. The predicted octanol–water partition coefficient (Wildman–Crippen LogP) is 1.72. The van der Waals surface area contributed by atoms with Crippen LogP contribution in [0.5, 0.6) is 5.75 Å². The maximum absolute atomic E-state index is 11.8. The van der Waals surface area contributed by atoms with E-state index in [2.05, 4.69) is 6.58 Å². The molecule has 1 aromatic heterocycles. The van der Waals surface area contributed by atoms with E-state index in [0.29, 0.717) is 31.7 Å². The molecule has 1 aromatic rings. The second-order valence-electron chi connectivity index (χ2n) is 3.23. The third-order valence-corrected chi connectivity index (χ3v) is 2.03. The van der Waals surface area contributed by atoms with Gasteiger partial charge in [0.15, 0.2) is 5.75 Å². The van der Waals surface area contributed by atoms with Gasteiger partial charge in [-0.25, -0.2) is 0 Å². The van der Waals surface area contributed by atoms with Gasteiger partial charge in [0.2, 0.25) is 0 Å². The van der Waals surface area contributed by atoms with Gasteiger partial charge in [-0.3, -0.25) is 4.79 Å². The number of hydrogen-bond donors (Lipinski definition) is 0. The summed E-state index contributed by atoms with van der Waals surface area (Å²) in [6.45, 7) is 4.37. The molecule has 4 heteroatoms. The van der Waals surface area contributed by atoms with Crippen molar-refractivity contribution in [2.75, 3.05) is 6.61 Å². The number of nitrogens with zero attached hydrogens (tertiary/aromatic N) is 2. The molecule has 1 rings (SSSR count). The highest BCUT2D eigenvalue weighted by atomic mass is 16.5. The molecule has 0 spiro atoms. The zero-order valence-corrected chi connectivity index (χ0v) is 9.06. The standard InChI is InChI=1S/C12H14N2O2/c1-2-10-16-11-6-5-9-14(12(11)15)8-4-3-7-13/h2,5-6,9H,1,3-4,8,10H2. The van der Waals surface area contributed by atoms with Crippen molar-refractivity contribution < 1.29 is 4.74 Å². The normalized spacial score (nSPS) is 9.44. The van der Waals surface area contributed by atoms with E-state index in [1.54, 1.807) is 29.0 Å². The van der Waals surface area contributed by atoms with Crippen molar-refractivity contribution >= 4 is 0 Å². The Morgan fingerprint density at radius 1 is 1.62 bits per heavy atom. The SMILES string of the molecule is C=CCOc1cccn(CCCC#N)c1=O. The first-order chi connectivity index (χ1) is 7.79. The van der Waals surface area contributed by atoms with Gasteiger partial charge in [0.05, 0.1) is 6.07 Å². The van der Waals surface area contributed by atoms with Crippen LogP contribution in [-0.2, 0) is 6.54 Å². The van der Waals surface area contributed by atoms with Gasteiger partial charge in [-0.15, -0.1) is 0 Å². The Labute approximate surface area is 94.4 Å². The average molecular weight is 218 g/mol. The van der Waals surface area contributed by atoms with Crippen LogP contribution in [0, 0.1) is 11.3 Å². The van der Waals surface area contributed by atoms with Crippen LogP contribution in [-0.4, -0.2) is 11.2 Å². The molecule has 0 N–H and O–H groups in total. The van der Waals surface area contributed by atoms with Crippen LogP contribution in [0.2, 0.25) is 0 Å². The molecule has 0 aliphatic rings. The lowest BCUT2D eigenvalue weighted by Gasteiger charge is -2.07. The van der Waals surface area contributed by atoms with E-state index < -0.39 is 0 Å². The molecule has 4 nitrogen and oxygen atoms in total. The van der Waals surface area contributed by atoms with Crippen molar-refractivity contribution in [3.63, 3.8) is 0 Å². The smallest absolute Gasteiger partial charge is 0.292 e. The molecule has 0 atom stereocenters. The molecule has 0 saturated carbocycles. The third kappa shape index (κ3) is 3.28. The van der Waals surface area contributed by atoms with Crippen molar-refractivity contribution in [1.29, 1.82) is 5.26 Å². The van der Waals surface area contributed by atoms with E-state index >= 15 is 0 Å². The molecule has 16 heavy (non-hydrogen) atoms. The molecule has 0 aliphatic heterocycles. The number of hydrogen-bond acceptors (Lipinski definition) is 3. The number of aryl methyl sites for hydroxylation is 1. The lowest BCUT2D eigenvalue weighted by molar-refractivity contribution is 0.353. The number of unbranched alkanes of at least 4 members (excludes halogenated alkanes) is 1. The van der Waals surface area contributed by atoms with E-state index in [4.69, 9.17) is 10.00 Å². The van der Waals surface area contributed by atoms with E-state index in [-0.39, 0.29) is 5.56 Å². The highest BCUT2D eigenvalue weighted by molar-refractivity contribution is 5.17. The highest BCUT2D eigenvalue weighted by Gasteiger charge is 2.02. The van der Waals surface area contributed by atoms with Crippen LogP contribution in [0.15, 0.2) is 35.8 Å². The summed E-state index contributed by atoms with van der Waals surface area (Å²) < 4.78 is 6.77. The summed E-state index contributed by atoms with van der Waals surface area (Å²) in [5, 5.41) is 8.41. The Morgan fingerprint density at radius 2 is 2.44 bits per heavy atom. The van der Waals surface area contributed by atoms with Gasteiger partial charge in [0.1, 0.15) is 6.61 Å². The molecule has 0 saturated heterocycles. The summed E-state index contributed by atoms with van der Waals surface area (Å²) in [5.74, 6) is 0.319. The summed E-state index contributed by atoms with van der Waals surface area (Å²) in [6.07, 6.45) is 4.40. The number of rotatable bonds is 6. The van der Waals surface area contributed by atoms with E-state index in [0.717, 1.165) is 0 Å². The summed E-state index contributed by atoms with van der Waals surface area (Å²) in [5.41, 5.74) is -0.165.